The summed E-state index contributed by atoms with van der Waals surface area (Å²) in [7, 11) is 1.29. The zero-order valence-electron chi connectivity index (χ0n) is 10.9. The monoisotopic (exact) mass is 267 g/mol. The molecule has 1 aromatic carbocycles. The molecule has 0 aromatic heterocycles. The van der Waals surface area contributed by atoms with Crippen LogP contribution in [0.25, 0.3) is 0 Å². The van der Waals surface area contributed by atoms with Gasteiger partial charge in [-0.25, -0.2) is 4.39 Å². The largest absolute Gasteiger partial charge is 0.493 e. The summed E-state index contributed by atoms with van der Waals surface area (Å²) in [6, 6.07) is 3.50. The van der Waals surface area contributed by atoms with Gasteiger partial charge in [0.2, 0.25) is 0 Å². The summed E-state index contributed by atoms with van der Waals surface area (Å²) in [5.41, 5.74) is 6.43. The first-order chi connectivity index (χ1) is 9.10. The van der Waals surface area contributed by atoms with Gasteiger partial charge in [-0.3, -0.25) is 4.79 Å². The number of esters is 1. The molecule has 0 saturated heterocycles. The van der Waals surface area contributed by atoms with E-state index in [-0.39, 0.29) is 12.2 Å². The lowest BCUT2D eigenvalue weighted by molar-refractivity contribution is -0.142. The minimum atomic E-state index is -0.765. The van der Waals surface area contributed by atoms with Crippen molar-refractivity contribution in [2.45, 2.75) is 25.3 Å². The molecule has 1 fully saturated rings. The zero-order chi connectivity index (χ0) is 13.8. The first-order valence-electron chi connectivity index (χ1n) is 6.34. The Morgan fingerprint density at radius 2 is 2.26 bits per heavy atom. The van der Waals surface area contributed by atoms with E-state index in [9.17, 15) is 9.18 Å². The van der Waals surface area contributed by atoms with Crippen molar-refractivity contribution in [1.82, 2.24) is 0 Å². The van der Waals surface area contributed by atoms with Gasteiger partial charge in [-0.2, -0.15) is 0 Å². The lowest BCUT2D eigenvalue weighted by Crippen LogP contribution is -2.33. The molecule has 2 N–H and O–H groups in total. The van der Waals surface area contributed by atoms with E-state index in [1.165, 1.54) is 19.2 Å². The number of rotatable bonds is 6. The molecule has 1 saturated carbocycles. The summed E-state index contributed by atoms with van der Waals surface area (Å²) < 4.78 is 23.4. The number of carbonyl (C=O) groups is 1. The molecule has 19 heavy (non-hydrogen) atoms. The third-order valence-electron chi connectivity index (χ3n) is 3.14. The maximum absolute atomic E-state index is 13.2. The van der Waals surface area contributed by atoms with E-state index in [4.69, 9.17) is 10.5 Å². The topological polar surface area (TPSA) is 61.5 Å². The van der Waals surface area contributed by atoms with Gasteiger partial charge in [0.25, 0.3) is 0 Å². The number of carbonyl (C=O) groups excluding carboxylic acids is 1. The Morgan fingerprint density at radius 1 is 1.53 bits per heavy atom. The quantitative estimate of drug-likeness (QED) is 0.796. The molecular weight excluding hydrogens is 249 g/mol. The van der Waals surface area contributed by atoms with Crippen LogP contribution < -0.4 is 10.5 Å². The number of benzene rings is 1. The highest BCUT2D eigenvalue weighted by Gasteiger charge is 2.23. The van der Waals surface area contributed by atoms with Crippen molar-refractivity contribution in [3.05, 3.63) is 29.6 Å². The van der Waals surface area contributed by atoms with E-state index in [0.29, 0.717) is 18.3 Å². The molecule has 5 heteroatoms. The highest BCUT2D eigenvalue weighted by Crippen LogP contribution is 2.30. The maximum Gasteiger partial charge on any atom is 0.322 e. The number of nitrogens with two attached hydrogens (primary N) is 1. The predicted molar refractivity (Wildman–Crippen MR) is 68.3 cm³/mol. The zero-order valence-corrected chi connectivity index (χ0v) is 10.9. The summed E-state index contributed by atoms with van der Waals surface area (Å²) in [5.74, 6) is 0.190. The van der Waals surface area contributed by atoms with Gasteiger partial charge in [-0.15, -0.1) is 0 Å². The third kappa shape index (κ3) is 3.92. The lowest BCUT2D eigenvalue weighted by Gasteiger charge is -2.14. The Morgan fingerprint density at radius 3 is 2.89 bits per heavy atom. The molecule has 4 nitrogen and oxygen atoms in total. The van der Waals surface area contributed by atoms with Crippen molar-refractivity contribution >= 4 is 5.97 Å². The number of halogens is 1. The molecule has 0 radical (unpaired) electrons. The van der Waals surface area contributed by atoms with E-state index < -0.39 is 12.0 Å². The van der Waals surface area contributed by atoms with Crippen LogP contribution in [0.1, 0.15) is 18.4 Å². The number of methoxy groups -OCH3 is 1. The third-order valence-corrected chi connectivity index (χ3v) is 3.14. The summed E-state index contributed by atoms with van der Waals surface area (Å²) in [6.45, 7) is 0.587. The van der Waals surface area contributed by atoms with E-state index in [2.05, 4.69) is 4.74 Å². The van der Waals surface area contributed by atoms with Crippen LogP contribution in [0.5, 0.6) is 5.75 Å². The second-order valence-corrected chi connectivity index (χ2v) is 4.84. The number of hydrogen-bond acceptors (Lipinski definition) is 4. The maximum atomic E-state index is 13.2. The molecule has 104 valence electrons. The summed E-state index contributed by atoms with van der Waals surface area (Å²) in [4.78, 5) is 11.3. The van der Waals surface area contributed by atoms with Gasteiger partial charge >= 0.3 is 5.97 Å². The highest BCUT2D eigenvalue weighted by molar-refractivity contribution is 5.75. The van der Waals surface area contributed by atoms with Crippen molar-refractivity contribution in [2.24, 2.45) is 11.7 Å². The lowest BCUT2D eigenvalue weighted by atomic mass is 10.1. The van der Waals surface area contributed by atoms with Crippen LogP contribution in [-0.2, 0) is 16.0 Å². The minimum absolute atomic E-state index is 0.271. The fourth-order valence-electron chi connectivity index (χ4n) is 1.80. The van der Waals surface area contributed by atoms with E-state index in [1.807, 2.05) is 0 Å². The standard InChI is InChI=1S/C14H18FNO3/c1-18-14(17)12(16)6-10-4-5-11(15)7-13(10)19-8-9-2-3-9/h4-5,7,9,12H,2-3,6,8,16H2,1H3. The Labute approximate surface area is 111 Å². The van der Waals surface area contributed by atoms with E-state index in [0.717, 1.165) is 18.4 Å². The van der Waals surface area contributed by atoms with Crippen molar-refractivity contribution in [2.75, 3.05) is 13.7 Å². The van der Waals surface area contributed by atoms with Gasteiger partial charge in [-0.1, -0.05) is 6.07 Å². The van der Waals surface area contributed by atoms with Crippen molar-refractivity contribution in [1.29, 1.82) is 0 Å². The fourth-order valence-corrected chi connectivity index (χ4v) is 1.80. The summed E-state index contributed by atoms with van der Waals surface area (Å²) in [5, 5.41) is 0. The molecule has 1 unspecified atom stereocenters. The minimum Gasteiger partial charge on any atom is -0.493 e. The Bertz CT molecular complexity index is 460. The number of ether oxygens (including phenoxy) is 2. The highest BCUT2D eigenvalue weighted by atomic mass is 19.1. The van der Waals surface area contributed by atoms with E-state index in [1.54, 1.807) is 6.07 Å². The summed E-state index contributed by atoms with van der Waals surface area (Å²) >= 11 is 0. The van der Waals surface area contributed by atoms with Gasteiger partial charge in [0.15, 0.2) is 0 Å². The molecule has 0 bridgehead atoms. The van der Waals surface area contributed by atoms with Crippen LogP contribution in [-0.4, -0.2) is 25.7 Å². The molecule has 2 rings (SSSR count). The molecule has 1 aliphatic carbocycles. The Kier molecular flexibility index (Phi) is 4.37. The second kappa shape index (κ2) is 6.02. The molecule has 0 aliphatic heterocycles. The first-order valence-corrected chi connectivity index (χ1v) is 6.34. The molecule has 0 heterocycles. The van der Waals surface area contributed by atoms with Crippen molar-refractivity contribution in [3.8, 4) is 5.75 Å². The molecular formula is C14H18FNO3. The van der Waals surface area contributed by atoms with Crippen LogP contribution in [0.15, 0.2) is 18.2 Å². The van der Waals surface area contributed by atoms with Crippen LogP contribution in [0.4, 0.5) is 4.39 Å². The van der Waals surface area contributed by atoms with Crippen molar-refractivity contribution in [3.63, 3.8) is 0 Å². The van der Waals surface area contributed by atoms with Gasteiger partial charge < -0.3 is 15.2 Å². The van der Waals surface area contributed by atoms with Gasteiger partial charge in [0.1, 0.15) is 17.6 Å². The van der Waals surface area contributed by atoms with Gasteiger partial charge in [0, 0.05) is 12.5 Å². The van der Waals surface area contributed by atoms with Crippen LogP contribution in [0.2, 0.25) is 0 Å². The predicted octanol–water partition coefficient (Wildman–Crippen LogP) is 1.66. The average molecular weight is 267 g/mol. The normalized spacial score (nSPS) is 15.9. The molecule has 0 spiro atoms. The summed E-state index contributed by atoms with van der Waals surface area (Å²) in [6.07, 6.45) is 2.59. The average Bonchev–Trinajstić information content (AvgIpc) is 3.22. The SMILES string of the molecule is COC(=O)C(N)Cc1ccc(F)cc1OCC1CC1. The fraction of sp³-hybridized carbons (Fsp3) is 0.500. The van der Waals surface area contributed by atoms with Crippen LogP contribution in [0.3, 0.4) is 0 Å². The smallest absolute Gasteiger partial charge is 0.322 e. The van der Waals surface area contributed by atoms with Crippen molar-refractivity contribution < 1.29 is 18.7 Å². The van der Waals surface area contributed by atoms with Crippen LogP contribution in [0, 0.1) is 11.7 Å². The van der Waals surface area contributed by atoms with Gasteiger partial charge in [0.05, 0.1) is 13.7 Å². The Balaban J connectivity index is 2.06. The number of hydrogen-bond donors (Lipinski definition) is 1. The van der Waals surface area contributed by atoms with Gasteiger partial charge in [-0.05, 0) is 30.4 Å². The Hall–Kier alpha value is -1.62. The molecule has 1 aromatic rings. The molecule has 1 atom stereocenters. The van der Waals surface area contributed by atoms with Crippen LogP contribution >= 0.6 is 0 Å². The second-order valence-electron chi connectivity index (χ2n) is 4.84. The molecule has 0 amide bonds. The first kappa shape index (κ1) is 13.8. The van der Waals surface area contributed by atoms with E-state index >= 15 is 0 Å². The molecule has 1 aliphatic rings.